The van der Waals surface area contributed by atoms with E-state index in [4.69, 9.17) is 9.47 Å². The van der Waals surface area contributed by atoms with E-state index in [0.29, 0.717) is 5.92 Å². The quantitative estimate of drug-likeness (QED) is 0.730. The van der Waals surface area contributed by atoms with Gasteiger partial charge in [0.2, 0.25) is 0 Å². The van der Waals surface area contributed by atoms with Crippen molar-refractivity contribution in [3.8, 4) is 0 Å². The van der Waals surface area contributed by atoms with Gasteiger partial charge in [0, 0.05) is 6.61 Å². The Labute approximate surface area is 84.7 Å². The standard InChI is InChI=1S/C11H18O3/c1-8-4-6-14-11(8)10(12)9-3-2-5-13-7-9/h7-8,10-12H,2-6H2,1H3. The third-order valence-corrected chi connectivity index (χ3v) is 3.10. The van der Waals surface area contributed by atoms with Gasteiger partial charge in [-0.25, -0.2) is 0 Å². The molecule has 2 aliphatic rings. The number of hydrogen-bond donors (Lipinski definition) is 1. The Morgan fingerprint density at radius 1 is 1.50 bits per heavy atom. The van der Waals surface area contributed by atoms with E-state index in [1.54, 1.807) is 6.26 Å². The Balaban J connectivity index is 1.99. The summed E-state index contributed by atoms with van der Waals surface area (Å²) in [6.45, 7) is 3.68. The van der Waals surface area contributed by atoms with Crippen LogP contribution in [0.5, 0.6) is 0 Å². The van der Waals surface area contributed by atoms with Crippen LogP contribution in [0.4, 0.5) is 0 Å². The zero-order valence-corrected chi connectivity index (χ0v) is 8.61. The Hall–Kier alpha value is -0.540. The maximum absolute atomic E-state index is 10.1. The number of aliphatic hydroxyl groups is 1. The number of rotatable bonds is 2. The molecule has 0 saturated carbocycles. The number of hydrogen-bond acceptors (Lipinski definition) is 3. The lowest BCUT2D eigenvalue weighted by atomic mass is 9.92. The maximum Gasteiger partial charge on any atom is 0.105 e. The van der Waals surface area contributed by atoms with Crippen molar-refractivity contribution >= 4 is 0 Å². The van der Waals surface area contributed by atoms with Crippen molar-refractivity contribution in [3.63, 3.8) is 0 Å². The summed E-state index contributed by atoms with van der Waals surface area (Å²) >= 11 is 0. The smallest absolute Gasteiger partial charge is 0.105 e. The monoisotopic (exact) mass is 198 g/mol. The van der Waals surface area contributed by atoms with E-state index < -0.39 is 6.10 Å². The highest BCUT2D eigenvalue weighted by molar-refractivity contribution is 5.10. The molecule has 0 radical (unpaired) electrons. The van der Waals surface area contributed by atoms with E-state index in [0.717, 1.165) is 38.0 Å². The second kappa shape index (κ2) is 4.32. The highest BCUT2D eigenvalue weighted by Crippen LogP contribution is 2.28. The van der Waals surface area contributed by atoms with Gasteiger partial charge in [-0.3, -0.25) is 0 Å². The van der Waals surface area contributed by atoms with Crippen LogP contribution in [0.3, 0.4) is 0 Å². The van der Waals surface area contributed by atoms with Crippen LogP contribution in [0.15, 0.2) is 11.8 Å². The summed E-state index contributed by atoms with van der Waals surface area (Å²) < 4.78 is 10.8. The first-order valence-corrected chi connectivity index (χ1v) is 5.39. The average molecular weight is 198 g/mol. The molecule has 0 aromatic carbocycles. The van der Waals surface area contributed by atoms with Gasteiger partial charge in [-0.1, -0.05) is 6.92 Å². The van der Waals surface area contributed by atoms with Crippen LogP contribution in [-0.2, 0) is 9.47 Å². The van der Waals surface area contributed by atoms with Crippen molar-refractivity contribution < 1.29 is 14.6 Å². The van der Waals surface area contributed by atoms with E-state index in [1.165, 1.54) is 0 Å². The first-order chi connectivity index (χ1) is 6.79. The normalized spacial score (nSPS) is 34.9. The Morgan fingerprint density at radius 3 is 2.93 bits per heavy atom. The molecule has 1 fully saturated rings. The minimum absolute atomic E-state index is 0.0250. The van der Waals surface area contributed by atoms with Crippen molar-refractivity contribution in [1.29, 1.82) is 0 Å². The zero-order chi connectivity index (χ0) is 9.97. The largest absolute Gasteiger partial charge is 0.501 e. The topological polar surface area (TPSA) is 38.7 Å². The summed E-state index contributed by atoms with van der Waals surface area (Å²) in [6.07, 6.45) is 4.21. The predicted molar refractivity (Wildman–Crippen MR) is 52.8 cm³/mol. The van der Waals surface area contributed by atoms with Crippen LogP contribution < -0.4 is 0 Å². The molecular formula is C11H18O3. The van der Waals surface area contributed by atoms with Crippen molar-refractivity contribution in [2.24, 2.45) is 5.92 Å². The average Bonchev–Trinajstić information content (AvgIpc) is 2.65. The molecule has 3 unspecified atom stereocenters. The molecular weight excluding hydrogens is 180 g/mol. The number of ether oxygens (including phenoxy) is 2. The summed E-state index contributed by atoms with van der Waals surface area (Å²) in [5.74, 6) is 0.452. The highest BCUT2D eigenvalue weighted by Gasteiger charge is 2.33. The summed E-state index contributed by atoms with van der Waals surface area (Å²) in [6, 6.07) is 0. The molecule has 0 spiro atoms. The van der Waals surface area contributed by atoms with Crippen LogP contribution in [0, 0.1) is 5.92 Å². The van der Waals surface area contributed by atoms with Crippen molar-refractivity contribution in [2.75, 3.05) is 13.2 Å². The zero-order valence-electron chi connectivity index (χ0n) is 8.61. The molecule has 3 nitrogen and oxygen atoms in total. The van der Waals surface area contributed by atoms with E-state index >= 15 is 0 Å². The fourth-order valence-electron chi connectivity index (χ4n) is 2.13. The predicted octanol–water partition coefficient (Wildman–Crippen LogP) is 1.47. The van der Waals surface area contributed by atoms with Gasteiger partial charge in [-0.2, -0.15) is 0 Å². The second-order valence-electron chi connectivity index (χ2n) is 4.21. The molecule has 14 heavy (non-hydrogen) atoms. The van der Waals surface area contributed by atoms with Crippen molar-refractivity contribution in [1.82, 2.24) is 0 Å². The minimum atomic E-state index is -0.465. The summed E-state index contributed by atoms with van der Waals surface area (Å²) in [5.41, 5.74) is 0.995. The fourth-order valence-corrected chi connectivity index (χ4v) is 2.13. The molecule has 0 aliphatic carbocycles. The van der Waals surface area contributed by atoms with E-state index in [-0.39, 0.29) is 6.10 Å². The van der Waals surface area contributed by atoms with Crippen molar-refractivity contribution in [2.45, 2.75) is 38.4 Å². The molecule has 2 heterocycles. The Kier molecular flexibility index (Phi) is 3.08. The van der Waals surface area contributed by atoms with E-state index in [1.807, 2.05) is 0 Å². The molecule has 3 heteroatoms. The van der Waals surface area contributed by atoms with Gasteiger partial charge < -0.3 is 14.6 Å². The van der Waals surface area contributed by atoms with Crippen LogP contribution in [-0.4, -0.2) is 30.5 Å². The fraction of sp³-hybridized carbons (Fsp3) is 0.818. The molecule has 0 bridgehead atoms. The van der Waals surface area contributed by atoms with Crippen LogP contribution in [0.1, 0.15) is 26.2 Å². The molecule has 80 valence electrons. The van der Waals surface area contributed by atoms with Gasteiger partial charge >= 0.3 is 0 Å². The lowest BCUT2D eigenvalue weighted by Crippen LogP contribution is -2.32. The van der Waals surface area contributed by atoms with Gasteiger partial charge in [0.15, 0.2) is 0 Å². The SMILES string of the molecule is CC1CCOC1C(O)C1=COCCC1. The molecule has 0 aromatic heterocycles. The van der Waals surface area contributed by atoms with E-state index in [2.05, 4.69) is 6.92 Å². The van der Waals surface area contributed by atoms with Gasteiger partial charge in [0.1, 0.15) is 6.10 Å². The van der Waals surface area contributed by atoms with Crippen LogP contribution in [0.2, 0.25) is 0 Å². The summed E-state index contributed by atoms with van der Waals surface area (Å²) in [4.78, 5) is 0. The summed E-state index contributed by atoms with van der Waals surface area (Å²) in [5, 5.41) is 10.1. The Bertz CT molecular complexity index is 225. The molecule has 2 aliphatic heterocycles. The van der Waals surface area contributed by atoms with Crippen LogP contribution in [0.25, 0.3) is 0 Å². The summed E-state index contributed by atoms with van der Waals surface area (Å²) in [7, 11) is 0. The number of aliphatic hydroxyl groups excluding tert-OH is 1. The first kappa shape index (κ1) is 9.99. The molecule has 0 aromatic rings. The van der Waals surface area contributed by atoms with Gasteiger partial charge in [-0.05, 0) is 30.8 Å². The van der Waals surface area contributed by atoms with Crippen molar-refractivity contribution in [3.05, 3.63) is 11.8 Å². The lowest BCUT2D eigenvalue weighted by molar-refractivity contribution is -0.00336. The van der Waals surface area contributed by atoms with Crippen LogP contribution >= 0.6 is 0 Å². The lowest BCUT2D eigenvalue weighted by Gasteiger charge is -2.25. The minimum Gasteiger partial charge on any atom is -0.501 e. The van der Waals surface area contributed by atoms with Gasteiger partial charge in [0.05, 0.1) is 19.0 Å². The first-order valence-electron chi connectivity index (χ1n) is 5.39. The third-order valence-electron chi connectivity index (χ3n) is 3.10. The van der Waals surface area contributed by atoms with Gasteiger partial charge in [0.25, 0.3) is 0 Å². The molecule has 3 atom stereocenters. The van der Waals surface area contributed by atoms with Gasteiger partial charge in [-0.15, -0.1) is 0 Å². The molecule has 0 amide bonds. The molecule has 1 saturated heterocycles. The molecule has 2 rings (SSSR count). The maximum atomic E-state index is 10.1. The highest BCUT2D eigenvalue weighted by atomic mass is 16.5. The second-order valence-corrected chi connectivity index (χ2v) is 4.21. The molecule has 1 N–H and O–H groups in total. The van der Waals surface area contributed by atoms with E-state index in [9.17, 15) is 5.11 Å². The third kappa shape index (κ3) is 1.93. The Morgan fingerprint density at radius 2 is 2.36 bits per heavy atom.